The second-order valence-electron chi connectivity index (χ2n) is 15.1. The van der Waals surface area contributed by atoms with Crippen LogP contribution in [0, 0.1) is 6.92 Å². The lowest BCUT2D eigenvalue weighted by atomic mass is 9.92. The molecule has 10 nitrogen and oxygen atoms in total. The molecular weight excluding hydrogens is 693 g/mol. The molecule has 1 atom stereocenters. The summed E-state index contributed by atoms with van der Waals surface area (Å²) in [5, 5.41) is 10.1. The van der Waals surface area contributed by atoms with Crippen molar-refractivity contribution in [3.63, 3.8) is 0 Å². The first kappa shape index (κ1) is 35.1. The fourth-order valence-electron chi connectivity index (χ4n) is 8.57. The fourth-order valence-corrected chi connectivity index (χ4v) is 8.57. The van der Waals surface area contributed by atoms with Crippen LogP contribution in [-0.2, 0) is 37.2 Å². The fraction of sp³-hybridized carbons (Fsp3) is 0.333. The van der Waals surface area contributed by atoms with Gasteiger partial charge in [0.1, 0.15) is 5.75 Å². The number of phenolic OH excluding ortho intramolecular Hbond substituents is 1. The number of aromatic nitrogens is 1. The molecule has 4 aliphatic rings. The summed E-state index contributed by atoms with van der Waals surface area (Å²) in [7, 11) is 0. The van der Waals surface area contributed by atoms with Crippen molar-refractivity contribution in [2.75, 3.05) is 44.5 Å². The third kappa shape index (κ3) is 6.96. The first-order valence-electron chi connectivity index (χ1n) is 19.4. The highest BCUT2D eigenvalue weighted by atomic mass is 16.7. The van der Waals surface area contributed by atoms with Gasteiger partial charge in [-0.25, -0.2) is 0 Å². The Labute approximate surface area is 321 Å². The molecule has 4 aromatic carbocycles. The Morgan fingerprint density at radius 1 is 0.836 bits per heavy atom. The number of morpholine rings is 1. The van der Waals surface area contributed by atoms with Crippen LogP contribution in [0.4, 0.5) is 5.69 Å². The average molecular weight is 739 g/mol. The molecule has 1 fully saturated rings. The number of hydrogen-bond donors (Lipinski definition) is 1. The Morgan fingerprint density at radius 3 is 2.36 bits per heavy atom. The minimum Gasteiger partial charge on any atom is -0.508 e. The van der Waals surface area contributed by atoms with Crippen LogP contribution in [0.15, 0.2) is 91.0 Å². The van der Waals surface area contributed by atoms with Gasteiger partial charge in [-0.3, -0.25) is 14.5 Å². The lowest BCUT2D eigenvalue weighted by molar-refractivity contribution is 0.0193. The van der Waals surface area contributed by atoms with E-state index in [0.29, 0.717) is 54.6 Å². The highest BCUT2D eigenvalue weighted by Crippen LogP contribution is 2.42. The predicted molar refractivity (Wildman–Crippen MR) is 210 cm³/mol. The molecule has 1 aromatic heterocycles. The van der Waals surface area contributed by atoms with Gasteiger partial charge in [-0.2, -0.15) is 0 Å². The number of aromatic hydroxyl groups is 1. The number of fused-ring (bicyclic) bond motifs is 3. The number of hydrogen-bond acceptors (Lipinski definition) is 7. The van der Waals surface area contributed by atoms with Gasteiger partial charge in [0.15, 0.2) is 11.5 Å². The third-order valence-corrected chi connectivity index (χ3v) is 11.6. The topological polar surface area (TPSA) is 96.7 Å². The summed E-state index contributed by atoms with van der Waals surface area (Å²) in [6.07, 6.45) is 3.44. The number of carbonyl (C=O) groups excluding carboxylic acids is 2. The van der Waals surface area contributed by atoms with E-state index in [1.54, 1.807) is 29.2 Å². The molecule has 282 valence electrons. The van der Waals surface area contributed by atoms with Crippen LogP contribution in [0.1, 0.15) is 61.5 Å². The monoisotopic (exact) mass is 738 g/mol. The Morgan fingerprint density at radius 2 is 1.58 bits per heavy atom. The molecule has 1 N–H and O–H groups in total. The van der Waals surface area contributed by atoms with E-state index in [1.807, 2.05) is 48.2 Å². The lowest BCUT2D eigenvalue weighted by Crippen LogP contribution is -2.52. The Balaban J connectivity index is 1.13. The Bertz CT molecular complexity index is 2220. The first-order chi connectivity index (χ1) is 26.9. The van der Waals surface area contributed by atoms with E-state index in [0.717, 1.165) is 85.5 Å². The molecular formula is C45H46N4O6. The largest absolute Gasteiger partial charge is 0.508 e. The molecule has 2 amide bonds. The number of nitrogens with zero attached hydrogens (tertiary/aromatic N) is 4. The number of anilines is 1. The van der Waals surface area contributed by atoms with Gasteiger partial charge in [0.2, 0.25) is 6.79 Å². The summed E-state index contributed by atoms with van der Waals surface area (Å²) >= 11 is 0. The van der Waals surface area contributed by atoms with Crippen LogP contribution in [-0.4, -0.2) is 77.0 Å². The molecule has 5 heterocycles. The summed E-state index contributed by atoms with van der Waals surface area (Å²) in [6.45, 7) is 7.56. The minimum absolute atomic E-state index is 0.0298. The van der Waals surface area contributed by atoms with Gasteiger partial charge in [0.05, 0.1) is 30.9 Å². The number of aryl methyl sites for hydroxylation is 1. The van der Waals surface area contributed by atoms with Crippen LogP contribution in [0.5, 0.6) is 17.2 Å². The Hall–Kier alpha value is -5.58. The maximum absolute atomic E-state index is 15.2. The van der Waals surface area contributed by atoms with Crippen molar-refractivity contribution >= 4 is 17.5 Å². The van der Waals surface area contributed by atoms with E-state index in [9.17, 15) is 9.90 Å². The number of ether oxygens (including phenoxy) is 3. The second-order valence-corrected chi connectivity index (χ2v) is 15.1. The summed E-state index contributed by atoms with van der Waals surface area (Å²) in [6, 6.07) is 29.1. The summed E-state index contributed by atoms with van der Waals surface area (Å²) in [5.74, 6) is 1.08. The summed E-state index contributed by atoms with van der Waals surface area (Å²) < 4.78 is 19.7. The number of carbonyl (C=O) groups is 2. The maximum Gasteiger partial charge on any atom is 0.260 e. The summed E-state index contributed by atoms with van der Waals surface area (Å²) in [4.78, 5) is 36.4. The molecule has 0 spiro atoms. The van der Waals surface area contributed by atoms with Gasteiger partial charge in [0, 0.05) is 61.4 Å². The number of rotatable bonds is 8. The van der Waals surface area contributed by atoms with Gasteiger partial charge in [-0.15, -0.1) is 0 Å². The van der Waals surface area contributed by atoms with Crippen molar-refractivity contribution in [1.29, 1.82) is 0 Å². The molecule has 1 unspecified atom stereocenters. The van der Waals surface area contributed by atoms with Crippen LogP contribution in [0.3, 0.4) is 0 Å². The second kappa shape index (κ2) is 14.9. The van der Waals surface area contributed by atoms with Crippen molar-refractivity contribution < 1.29 is 28.9 Å². The molecule has 0 aliphatic carbocycles. The van der Waals surface area contributed by atoms with Crippen molar-refractivity contribution in [2.45, 2.75) is 58.3 Å². The zero-order chi connectivity index (χ0) is 37.5. The maximum atomic E-state index is 15.2. The van der Waals surface area contributed by atoms with E-state index < -0.39 is 0 Å². The van der Waals surface area contributed by atoms with E-state index in [2.05, 4.69) is 39.8 Å². The SMILES string of the molecule is Cc1ccc(CN(C(=O)c2cc(-c3cc4c(cc3C(=O)N3Cc5ccccc5CC3CN3CCOCC3)OCO4)n3c2CCCC3)c2ccc(O)cc2)cc1. The van der Waals surface area contributed by atoms with Crippen molar-refractivity contribution in [3.05, 3.63) is 130 Å². The van der Waals surface area contributed by atoms with Crippen molar-refractivity contribution in [1.82, 2.24) is 14.4 Å². The molecule has 0 radical (unpaired) electrons. The predicted octanol–water partition coefficient (Wildman–Crippen LogP) is 6.98. The van der Waals surface area contributed by atoms with Crippen LogP contribution < -0.4 is 14.4 Å². The lowest BCUT2D eigenvalue weighted by Gasteiger charge is -2.40. The van der Waals surface area contributed by atoms with E-state index in [4.69, 9.17) is 14.2 Å². The van der Waals surface area contributed by atoms with Gasteiger partial charge < -0.3 is 33.7 Å². The molecule has 9 rings (SSSR count). The number of amides is 2. The zero-order valence-electron chi connectivity index (χ0n) is 31.2. The molecule has 5 aromatic rings. The van der Waals surface area contributed by atoms with Gasteiger partial charge in [-0.05, 0) is 91.8 Å². The highest BCUT2D eigenvalue weighted by molar-refractivity contribution is 6.09. The normalized spacial score (nSPS) is 17.8. The standard InChI is InChI=1S/C45H46N4O6/c1-30-9-11-31(12-10-30)26-48(34-13-15-36(50)16-14-34)45(52)39-23-41(47-17-5-4-8-40(39)47)37-24-42-43(55-29-54-42)25-38(37)44(51)49-27-33-7-3-2-6-32(33)22-35(49)28-46-18-20-53-21-19-46/h2-3,6-7,9-16,23-25,35,50H,4-5,8,17-22,26-29H2,1H3. The van der Waals surface area contributed by atoms with E-state index >= 15 is 4.79 Å². The molecule has 10 heteroatoms. The quantitative estimate of drug-likeness (QED) is 0.184. The first-order valence-corrected chi connectivity index (χ1v) is 19.4. The molecule has 4 aliphatic heterocycles. The van der Waals surface area contributed by atoms with E-state index in [1.165, 1.54) is 5.56 Å². The van der Waals surface area contributed by atoms with Crippen molar-refractivity contribution in [3.8, 4) is 28.5 Å². The molecule has 0 saturated carbocycles. The van der Waals surface area contributed by atoms with E-state index in [-0.39, 0.29) is 30.4 Å². The van der Waals surface area contributed by atoms with Gasteiger partial charge >= 0.3 is 0 Å². The third-order valence-electron chi connectivity index (χ3n) is 11.6. The molecule has 55 heavy (non-hydrogen) atoms. The van der Waals surface area contributed by atoms with Crippen LogP contribution >= 0.6 is 0 Å². The molecule has 0 bridgehead atoms. The average Bonchev–Trinajstić information content (AvgIpc) is 3.85. The summed E-state index contributed by atoms with van der Waals surface area (Å²) in [5.41, 5.74) is 8.95. The number of benzene rings is 4. The van der Waals surface area contributed by atoms with Crippen molar-refractivity contribution in [2.24, 2.45) is 0 Å². The minimum atomic E-state index is -0.130. The Kier molecular flexibility index (Phi) is 9.53. The number of phenols is 1. The smallest absolute Gasteiger partial charge is 0.260 e. The van der Waals surface area contributed by atoms with Gasteiger partial charge in [-0.1, -0.05) is 54.1 Å². The zero-order valence-corrected chi connectivity index (χ0v) is 31.2. The highest BCUT2D eigenvalue weighted by Gasteiger charge is 2.36. The van der Waals surface area contributed by atoms with Crippen LogP contribution in [0.2, 0.25) is 0 Å². The molecule has 1 saturated heterocycles. The van der Waals surface area contributed by atoms with Gasteiger partial charge in [0.25, 0.3) is 11.8 Å². The van der Waals surface area contributed by atoms with Crippen LogP contribution in [0.25, 0.3) is 11.3 Å².